The summed E-state index contributed by atoms with van der Waals surface area (Å²) in [6.45, 7) is 0.194. The lowest BCUT2D eigenvalue weighted by molar-refractivity contribution is 0.0953. The van der Waals surface area contributed by atoms with Crippen LogP contribution in [-0.4, -0.2) is 33.9 Å². The van der Waals surface area contributed by atoms with Crippen LogP contribution in [0.2, 0.25) is 0 Å². The van der Waals surface area contributed by atoms with E-state index in [4.69, 9.17) is 10.5 Å². The maximum absolute atomic E-state index is 13.2. The molecule has 2 heterocycles. The van der Waals surface area contributed by atoms with Gasteiger partial charge in [0.2, 0.25) is 0 Å². The maximum atomic E-state index is 13.2. The van der Waals surface area contributed by atoms with Crippen molar-refractivity contribution in [3.8, 4) is 5.75 Å². The van der Waals surface area contributed by atoms with Crippen LogP contribution in [0.1, 0.15) is 21.5 Å². The number of anilines is 1. The third kappa shape index (κ3) is 4.39. The molecule has 0 aliphatic carbocycles. The molecular weight excluding hydrogens is 447 g/mol. The third-order valence-corrected chi connectivity index (χ3v) is 5.48. The minimum absolute atomic E-state index is 0.103. The molecular formula is C26H21FN6O2. The zero-order valence-electron chi connectivity index (χ0n) is 18.8. The highest BCUT2D eigenvalue weighted by Crippen LogP contribution is 2.28. The van der Waals surface area contributed by atoms with Crippen LogP contribution in [0.15, 0.2) is 77.9 Å². The average Bonchev–Trinajstić information content (AvgIpc) is 3.15. The van der Waals surface area contributed by atoms with Crippen molar-refractivity contribution in [2.75, 3.05) is 12.8 Å². The number of carbonyl (C=O) groups is 1. The Balaban J connectivity index is 1.57. The van der Waals surface area contributed by atoms with Crippen LogP contribution in [0, 0.1) is 5.82 Å². The molecule has 0 fully saturated rings. The van der Waals surface area contributed by atoms with Crippen molar-refractivity contribution in [1.29, 1.82) is 0 Å². The van der Waals surface area contributed by atoms with Crippen molar-refractivity contribution < 1.29 is 13.9 Å². The van der Waals surface area contributed by atoms with E-state index in [0.29, 0.717) is 27.9 Å². The van der Waals surface area contributed by atoms with Crippen LogP contribution in [0.25, 0.3) is 22.2 Å². The number of methoxy groups -OCH3 is 1. The summed E-state index contributed by atoms with van der Waals surface area (Å²) in [5.74, 6) is 0.0113. The fraction of sp³-hybridized carbons (Fsp3) is 0.0769. The lowest BCUT2D eigenvalue weighted by Crippen LogP contribution is -2.23. The highest BCUT2D eigenvalue weighted by atomic mass is 19.1. The first-order valence-corrected chi connectivity index (χ1v) is 10.8. The summed E-state index contributed by atoms with van der Waals surface area (Å²) in [6.07, 6.45) is 1.61. The monoisotopic (exact) mass is 468 g/mol. The molecule has 0 radical (unpaired) electrons. The van der Waals surface area contributed by atoms with Gasteiger partial charge in [0.25, 0.3) is 5.91 Å². The second kappa shape index (κ2) is 9.22. The van der Waals surface area contributed by atoms with E-state index in [1.807, 2.05) is 48.5 Å². The second-order valence-electron chi connectivity index (χ2n) is 7.79. The van der Waals surface area contributed by atoms with Crippen molar-refractivity contribution in [1.82, 2.24) is 20.0 Å². The number of fused-ring (bicyclic) bond motifs is 2. The van der Waals surface area contributed by atoms with Gasteiger partial charge < -0.3 is 15.8 Å². The van der Waals surface area contributed by atoms with Crippen molar-refractivity contribution in [3.05, 3.63) is 95.3 Å². The van der Waals surface area contributed by atoms with Gasteiger partial charge in [0, 0.05) is 6.54 Å². The quantitative estimate of drug-likeness (QED) is 0.365. The molecule has 0 spiro atoms. The summed E-state index contributed by atoms with van der Waals surface area (Å²) in [6, 6.07) is 20.6. The second-order valence-corrected chi connectivity index (χ2v) is 7.79. The van der Waals surface area contributed by atoms with Crippen LogP contribution in [-0.2, 0) is 6.54 Å². The SMILES string of the molecule is COc1cccc(/C=N\n2c(N)c(C(=O)NCc3ccc(F)cc3)c3nc4ccccc4nc32)c1. The van der Waals surface area contributed by atoms with Crippen molar-refractivity contribution in [3.63, 3.8) is 0 Å². The summed E-state index contributed by atoms with van der Waals surface area (Å²) in [4.78, 5) is 22.5. The molecule has 2 aromatic heterocycles. The lowest BCUT2D eigenvalue weighted by Gasteiger charge is -2.06. The van der Waals surface area contributed by atoms with Gasteiger partial charge in [-0.15, -0.1) is 0 Å². The van der Waals surface area contributed by atoms with Gasteiger partial charge >= 0.3 is 0 Å². The number of ether oxygens (including phenoxy) is 1. The van der Waals surface area contributed by atoms with E-state index < -0.39 is 5.91 Å². The van der Waals surface area contributed by atoms with Crippen LogP contribution >= 0.6 is 0 Å². The Morgan fingerprint density at radius 2 is 1.83 bits per heavy atom. The molecule has 0 bridgehead atoms. The summed E-state index contributed by atoms with van der Waals surface area (Å²) < 4.78 is 19.9. The van der Waals surface area contributed by atoms with Gasteiger partial charge in [-0.3, -0.25) is 4.79 Å². The Bertz CT molecular complexity index is 1580. The van der Waals surface area contributed by atoms with E-state index in [1.165, 1.54) is 16.8 Å². The van der Waals surface area contributed by atoms with Gasteiger partial charge in [0.15, 0.2) is 5.65 Å². The third-order valence-electron chi connectivity index (χ3n) is 5.48. The number of aromatic nitrogens is 3. The number of nitrogens with zero attached hydrogens (tertiary/aromatic N) is 4. The molecule has 9 heteroatoms. The van der Waals surface area contributed by atoms with E-state index >= 15 is 0 Å². The first-order chi connectivity index (χ1) is 17.0. The maximum Gasteiger partial charge on any atom is 0.257 e. The molecule has 35 heavy (non-hydrogen) atoms. The predicted octanol–water partition coefficient (Wildman–Crippen LogP) is 4.13. The van der Waals surface area contributed by atoms with Crippen LogP contribution in [0.3, 0.4) is 0 Å². The summed E-state index contributed by atoms with van der Waals surface area (Å²) in [5.41, 5.74) is 10.1. The molecule has 0 atom stereocenters. The molecule has 0 unspecified atom stereocenters. The summed E-state index contributed by atoms with van der Waals surface area (Å²) in [5, 5.41) is 7.33. The average molecular weight is 468 g/mol. The van der Waals surface area contributed by atoms with Gasteiger partial charge in [-0.2, -0.15) is 9.78 Å². The van der Waals surface area contributed by atoms with Crippen LogP contribution in [0.4, 0.5) is 10.2 Å². The summed E-state index contributed by atoms with van der Waals surface area (Å²) >= 11 is 0. The van der Waals surface area contributed by atoms with Gasteiger partial charge in [-0.05, 0) is 47.5 Å². The predicted molar refractivity (Wildman–Crippen MR) is 133 cm³/mol. The van der Waals surface area contributed by atoms with Gasteiger partial charge in [0.1, 0.15) is 28.5 Å². The van der Waals surface area contributed by atoms with E-state index in [-0.39, 0.29) is 23.7 Å². The fourth-order valence-corrected chi connectivity index (χ4v) is 3.71. The molecule has 0 saturated carbocycles. The molecule has 5 aromatic rings. The first-order valence-electron chi connectivity index (χ1n) is 10.8. The highest BCUT2D eigenvalue weighted by Gasteiger charge is 2.24. The van der Waals surface area contributed by atoms with Gasteiger partial charge in [-0.25, -0.2) is 14.4 Å². The van der Waals surface area contributed by atoms with E-state index in [9.17, 15) is 9.18 Å². The van der Waals surface area contributed by atoms with Crippen molar-refractivity contribution in [2.24, 2.45) is 5.10 Å². The minimum atomic E-state index is -0.434. The topological polar surface area (TPSA) is 107 Å². The molecule has 3 N–H and O–H groups in total. The summed E-state index contributed by atoms with van der Waals surface area (Å²) in [7, 11) is 1.59. The molecule has 5 rings (SSSR count). The molecule has 0 aliphatic heterocycles. The Morgan fingerprint density at radius 3 is 2.57 bits per heavy atom. The number of hydrogen-bond acceptors (Lipinski definition) is 6. The van der Waals surface area contributed by atoms with Crippen molar-refractivity contribution >= 4 is 40.1 Å². The Morgan fingerprint density at radius 1 is 1.09 bits per heavy atom. The normalized spacial score (nSPS) is 11.4. The van der Waals surface area contributed by atoms with E-state index in [0.717, 1.165) is 11.1 Å². The number of para-hydroxylation sites is 2. The largest absolute Gasteiger partial charge is 0.497 e. The fourth-order valence-electron chi connectivity index (χ4n) is 3.71. The Labute approximate surface area is 199 Å². The van der Waals surface area contributed by atoms with Crippen LogP contribution in [0.5, 0.6) is 5.75 Å². The standard InChI is InChI=1S/C26H21FN6O2/c1-35-19-6-4-5-17(13-19)15-30-33-24(28)22(26(34)29-14-16-9-11-18(27)12-10-16)23-25(33)32-21-8-3-2-7-20(21)31-23/h2-13,15H,14,28H2,1H3,(H,29,34)/b30-15-. The van der Waals surface area contributed by atoms with Gasteiger partial charge in [-0.1, -0.05) is 36.4 Å². The number of rotatable bonds is 6. The molecule has 174 valence electrons. The number of carbonyl (C=O) groups excluding carboxylic acids is 1. The number of halogens is 1. The smallest absolute Gasteiger partial charge is 0.257 e. The number of nitrogens with one attached hydrogen (secondary N) is 1. The molecule has 1 amide bonds. The Kier molecular flexibility index (Phi) is 5.80. The number of benzene rings is 3. The number of amides is 1. The van der Waals surface area contributed by atoms with E-state index in [1.54, 1.807) is 25.5 Å². The Hall–Kier alpha value is -4.79. The molecule has 3 aromatic carbocycles. The number of hydrogen-bond donors (Lipinski definition) is 2. The molecule has 0 aliphatic rings. The van der Waals surface area contributed by atoms with Crippen LogP contribution < -0.4 is 15.8 Å². The van der Waals surface area contributed by atoms with Crippen molar-refractivity contribution in [2.45, 2.75) is 6.54 Å². The van der Waals surface area contributed by atoms with Gasteiger partial charge in [0.05, 0.1) is 24.4 Å². The zero-order valence-corrected chi connectivity index (χ0v) is 18.8. The van der Waals surface area contributed by atoms with E-state index in [2.05, 4.69) is 20.4 Å². The minimum Gasteiger partial charge on any atom is -0.497 e. The zero-order chi connectivity index (χ0) is 24.4. The first kappa shape index (κ1) is 22.0. The molecule has 0 saturated heterocycles. The number of nitrogen functional groups attached to an aromatic ring is 1. The lowest BCUT2D eigenvalue weighted by atomic mass is 10.2. The molecule has 8 nitrogen and oxygen atoms in total. The number of nitrogens with two attached hydrogens (primary N) is 1. The highest BCUT2D eigenvalue weighted by molar-refractivity contribution is 6.10.